The van der Waals surface area contributed by atoms with Crippen LogP contribution in [0.15, 0.2) is 40.2 Å². The van der Waals surface area contributed by atoms with Gasteiger partial charge >= 0.3 is 0 Å². The van der Waals surface area contributed by atoms with E-state index in [0.717, 1.165) is 16.7 Å². The first-order chi connectivity index (χ1) is 12.4. The normalized spacial score (nSPS) is 15.7. The number of benzene rings is 2. The fourth-order valence-electron chi connectivity index (χ4n) is 3.12. The average Bonchev–Trinajstić information content (AvgIpc) is 2.63. The van der Waals surface area contributed by atoms with Crippen molar-refractivity contribution in [2.24, 2.45) is 5.73 Å². The van der Waals surface area contributed by atoms with Gasteiger partial charge in [0.05, 0.1) is 24.6 Å². The Morgan fingerprint density at radius 3 is 2.54 bits per heavy atom. The van der Waals surface area contributed by atoms with Crippen LogP contribution in [-0.4, -0.2) is 14.2 Å². The van der Waals surface area contributed by atoms with Crippen LogP contribution in [0.1, 0.15) is 22.6 Å². The highest BCUT2D eigenvalue weighted by Gasteiger charge is 2.33. The van der Waals surface area contributed by atoms with E-state index in [4.69, 9.17) is 25.7 Å². The first kappa shape index (κ1) is 18.0. The summed E-state index contributed by atoms with van der Waals surface area (Å²) in [5, 5.41) is 9.68. The van der Waals surface area contributed by atoms with E-state index >= 15 is 0 Å². The van der Waals surface area contributed by atoms with E-state index in [1.165, 1.54) is 0 Å². The van der Waals surface area contributed by atoms with E-state index in [0.29, 0.717) is 33.0 Å². The van der Waals surface area contributed by atoms with Crippen molar-refractivity contribution in [3.05, 3.63) is 56.9 Å². The third kappa shape index (κ3) is 2.72. The van der Waals surface area contributed by atoms with Gasteiger partial charge in [0.2, 0.25) is 5.88 Å². The molecule has 0 aromatic heterocycles. The van der Waals surface area contributed by atoms with Crippen LogP contribution in [0.5, 0.6) is 17.2 Å². The molecule has 4 N–H and O–H groups in total. The SMILES string of the molecule is COc1cc(C2C(C#N)=C(N)Oc3c2ccc(N)c3C)cc(Br)c1OC. The smallest absolute Gasteiger partial charge is 0.205 e. The van der Waals surface area contributed by atoms with Crippen LogP contribution in [0.2, 0.25) is 0 Å². The Bertz CT molecular complexity index is 963. The fraction of sp³-hybridized carbons (Fsp3) is 0.211. The van der Waals surface area contributed by atoms with Gasteiger partial charge in [-0.1, -0.05) is 6.07 Å². The minimum atomic E-state index is -0.404. The number of nitrogen functional groups attached to an aromatic ring is 1. The number of allylic oxidation sites excluding steroid dienone is 1. The molecule has 0 radical (unpaired) electrons. The third-order valence-corrected chi connectivity index (χ3v) is 5.05. The molecule has 1 unspecified atom stereocenters. The van der Waals surface area contributed by atoms with Crippen molar-refractivity contribution in [3.8, 4) is 23.3 Å². The second-order valence-corrected chi connectivity index (χ2v) is 6.72. The Hall–Kier alpha value is -2.85. The van der Waals surface area contributed by atoms with Gasteiger partial charge in [-0.25, -0.2) is 0 Å². The van der Waals surface area contributed by atoms with E-state index in [9.17, 15) is 5.26 Å². The zero-order chi connectivity index (χ0) is 19.0. The summed E-state index contributed by atoms with van der Waals surface area (Å²) in [6, 6.07) is 9.55. The summed E-state index contributed by atoms with van der Waals surface area (Å²) in [7, 11) is 3.13. The molecule has 6 nitrogen and oxygen atoms in total. The van der Waals surface area contributed by atoms with Gasteiger partial charge in [0.15, 0.2) is 11.5 Å². The largest absolute Gasteiger partial charge is 0.493 e. The zero-order valence-corrected chi connectivity index (χ0v) is 16.2. The Labute approximate surface area is 160 Å². The zero-order valence-electron chi connectivity index (χ0n) is 14.6. The monoisotopic (exact) mass is 415 g/mol. The Morgan fingerprint density at radius 2 is 1.92 bits per heavy atom. The minimum absolute atomic E-state index is 0.0737. The van der Waals surface area contributed by atoms with Crippen LogP contribution in [0, 0.1) is 18.3 Å². The van der Waals surface area contributed by atoms with Crippen LogP contribution in [0.3, 0.4) is 0 Å². The molecule has 2 aromatic carbocycles. The summed E-state index contributed by atoms with van der Waals surface area (Å²) >= 11 is 3.50. The molecule has 1 aliphatic rings. The van der Waals surface area contributed by atoms with Crippen molar-refractivity contribution in [1.82, 2.24) is 0 Å². The lowest BCUT2D eigenvalue weighted by Crippen LogP contribution is -2.22. The number of fused-ring (bicyclic) bond motifs is 1. The van der Waals surface area contributed by atoms with Gasteiger partial charge in [-0.2, -0.15) is 5.26 Å². The van der Waals surface area contributed by atoms with E-state index in [2.05, 4.69) is 22.0 Å². The van der Waals surface area contributed by atoms with Gasteiger partial charge in [0.25, 0.3) is 0 Å². The minimum Gasteiger partial charge on any atom is -0.493 e. The maximum atomic E-state index is 9.68. The predicted molar refractivity (Wildman–Crippen MR) is 102 cm³/mol. The maximum absolute atomic E-state index is 9.68. The first-order valence-electron chi connectivity index (χ1n) is 7.80. The van der Waals surface area contributed by atoms with E-state index < -0.39 is 5.92 Å². The van der Waals surface area contributed by atoms with Crippen LogP contribution in [-0.2, 0) is 0 Å². The Morgan fingerprint density at radius 1 is 1.19 bits per heavy atom. The second kappa shape index (κ2) is 6.81. The van der Waals surface area contributed by atoms with Crippen LogP contribution < -0.4 is 25.7 Å². The van der Waals surface area contributed by atoms with Crippen LogP contribution >= 0.6 is 15.9 Å². The Balaban J connectivity index is 2.29. The van der Waals surface area contributed by atoms with Gasteiger partial charge in [-0.05, 0) is 46.6 Å². The number of ether oxygens (including phenoxy) is 3. The number of nitriles is 1. The molecular formula is C19H18BrN3O3. The maximum Gasteiger partial charge on any atom is 0.205 e. The van der Waals surface area contributed by atoms with Crippen molar-refractivity contribution < 1.29 is 14.2 Å². The van der Waals surface area contributed by atoms with Gasteiger partial charge in [0, 0.05) is 16.8 Å². The van der Waals surface area contributed by atoms with E-state index in [-0.39, 0.29) is 5.88 Å². The molecular weight excluding hydrogens is 398 g/mol. The average molecular weight is 416 g/mol. The molecule has 0 spiro atoms. The predicted octanol–water partition coefficient (Wildman–Crippen LogP) is 3.58. The van der Waals surface area contributed by atoms with Gasteiger partial charge in [-0.15, -0.1) is 0 Å². The van der Waals surface area contributed by atoms with Crippen molar-refractivity contribution >= 4 is 21.6 Å². The molecule has 134 valence electrons. The second-order valence-electron chi connectivity index (χ2n) is 5.86. The molecule has 1 atom stereocenters. The summed E-state index contributed by atoms with van der Waals surface area (Å²) in [6.07, 6.45) is 0. The molecule has 2 aromatic rings. The molecule has 3 rings (SSSR count). The number of nitrogens with two attached hydrogens (primary N) is 2. The van der Waals surface area contributed by atoms with Crippen molar-refractivity contribution in [2.75, 3.05) is 20.0 Å². The molecule has 0 aliphatic carbocycles. The van der Waals surface area contributed by atoms with E-state index in [1.807, 2.05) is 25.1 Å². The number of halogens is 1. The lowest BCUT2D eigenvalue weighted by molar-refractivity contribution is 0.352. The van der Waals surface area contributed by atoms with Crippen molar-refractivity contribution in [1.29, 1.82) is 5.26 Å². The molecule has 1 heterocycles. The number of hydrogen-bond donors (Lipinski definition) is 2. The number of hydrogen-bond acceptors (Lipinski definition) is 6. The van der Waals surface area contributed by atoms with Gasteiger partial charge in [-0.3, -0.25) is 0 Å². The number of anilines is 1. The highest BCUT2D eigenvalue weighted by molar-refractivity contribution is 9.10. The molecule has 26 heavy (non-hydrogen) atoms. The summed E-state index contributed by atoms with van der Waals surface area (Å²) in [4.78, 5) is 0. The number of rotatable bonds is 3. The highest BCUT2D eigenvalue weighted by atomic mass is 79.9. The summed E-state index contributed by atoms with van der Waals surface area (Å²) < 4.78 is 17.2. The standard InChI is InChI=1S/C19H18BrN3O3/c1-9-14(22)5-4-11-16(12(8-21)19(23)26-17(9)11)10-6-13(20)18(25-3)15(7-10)24-2/h4-7,16H,22-23H2,1-3H3. The van der Waals surface area contributed by atoms with Crippen LogP contribution in [0.25, 0.3) is 0 Å². The van der Waals surface area contributed by atoms with E-state index in [1.54, 1.807) is 20.3 Å². The van der Waals surface area contributed by atoms with Gasteiger partial charge in [0.1, 0.15) is 17.4 Å². The Kier molecular flexibility index (Phi) is 4.70. The summed E-state index contributed by atoms with van der Waals surface area (Å²) in [6.45, 7) is 1.86. The lowest BCUT2D eigenvalue weighted by Gasteiger charge is -2.28. The van der Waals surface area contributed by atoms with Crippen LogP contribution in [0.4, 0.5) is 5.69 Å². The molecule has 0 amide bonds. The van der Waals surface area contributed by atoms with Crippen molar-refractivity contribution in [3.63, 3.8) is 0 Å². The summed E-state index contributed by atoms with van der Waals surface area (Å²) in [5.74, 6) is 1.38. The topological polar surface area (TPSA) is 104 Å². The molecule has 7 heteroatoms. The van der Waals surface area contributed by atoms with Crippen molar-refractivity contribution in [2.45, 2.75) is 12.8 Å². The first-order valence-corrected chi connectivity index (χ1v) is 8.60. The molecule has 0 bridgehead atoms. The van der Waals surface area contributed by atoms with Gasteiger partial charge < -0.3 is 25.7 Å². The number of methoxy groups -OCH3 is 2. The lowest BCUT2D eigenvalue weighted by atomic mass is 9.82. The molecule has 1 aliphatic heterocycles. The molecule has 0 saturated heterocycles. The summed E-state index contributed by atoms with van der Waals surface area (Å²) in [5.41, 5.74) is 15.4. The fourth-order valence-corrected chi connectivity index (χ4v) is 3.75. The quantitative estimate of drug-likeness (QED) is 0.742. The number of nitrogens with zero attached hydrogens (tertiary/aromatic N) is 1. The highest BCUT2D eigenvalue weighted by Crippen LogP contribution is 2.47. The third-order valence-electron chi connectivity index (χ3n) is 4.47. The molecule has 0 saturated carbocycles. The molecule has 0 fully saturated rings.